The van der Waals surface area contributed by atoms with Gasteiger partial charge in [-0.25, -0.2) is 0 Å². The molecule has 5 heteroatoms. The van der Waals surface area contributed by atoms with Crippen LogP contribution in [0, 0.1) is 0 Å². The number of aryl methyl sites for hydroxylation is 1. The van der Waals surface area contributed by atoms with Gasteiger partial charge in [-0.05, 0) is 24.3 Å². The topological polar surface area (TPSA) is 55.8 Å². The molecule has 1 N–H and O–H groups in total. The minimum Gasteiger partial charge on any atom is -0.486 e. The largest absolute Gasteiger partial charge is 0.486 e. The zero-order valence-electron chi connectivity index (χ0n) is 9.56. The van der Waals surface area contributed by atoms with E-state index in [9.17, 15) is 4.79 Å². The van der Waals surface area contributed by atoms with Crippen molar-refractivity contribution in [3.63, 3.8) is 0 Å². The van der Waals surface area contributed by atoms with Crippen LogP contribution < -0.4 is 9.47 Å². The third-order valence-electron chi connectivity index (χ3n) is 2.56. The van der Waals surface area contributed by atoms with Crippen LogP contribution in [0.15, 0.2) is 17.0 Å². The quantitative estimate of drug-likeness (QED) is 0.835. The maximum atomic E-state index is 10.6. The number of carbonyl (C=O) groups is 1. The van der Waals surface area contributed by atoms with E-state index in [1.165, 1.54) is 0 Å². The highest BCUT2D eigenvalue weighted by molar-refractivity contribution is 7.98. The molecular weight excluding hydrogens is 240 g/mol. The summed E-state index contributed by atoms with van der Waals surface area (Å²) >= 11 is 1.56. The molecule has 0 saturated heterocycles. The first-order valence-electron chi connectivity index (χ1n) is 5.39. The average molecular weight is 254 g/mol. The van der Waals surface area contributed by atoms with Gasteiger partial charge in [0.1, 0.15) is 13.2 Å². The number of carboxylic acid groups (broad SMARTS) is 1. The zero-order valence-corrected chi connectivity index (χ0v) is 10.4. The first-order valence-corrected chi connectivity index (χ1v) is 6.62. The molecule has 0 spiro atoms. The Balaban J connectivity index is 2.29. The van der Waals surface area contributed by atoms with Gasteiger partial charge in [-0.3, -0.25) is 4.79 Å². The molecule has 1 aliphatic heterocycles. The van der Waals surface area contributed by atoms with Crippen molar-refractivity contribution in [3.8, 4) is 11.5 Å². The van der Waals surface area contributed by atoms with Gasteiger partial charge in [-0.15, -0.1) is 11.8 Å². The number of aliphatic carboxylic acids is 1. The Labute approximate surface area is 104 Å². The van der Waals surface area contributed by atoms with Crippen molar-refractivity contribution in [1.82, 2.24) is 0 Å². The molecule has 0 unspecified atom stereocenters. The predicted octanol–water partition coefficient (Wildman–Crippen LogP) is 2.20. The van der Waals surface area contributed by atoms with E-state index in [-0.39, 0.29) is 6.42 Å². The second kappa shape index (κ2) is 5.31. The summed E-state index contributed by atoms with van der Waals surface area (Å²) in [6.07, 6.45) is 2.60. The van der Waals surface area contributed by atoms with Gasteiger partial charge in [0.2, 0.25) is 0 Å². The van der Waals surface area contributed by atoms with Crippen LogP contribution in [0.25, 0.3) is 0 Å². The molecule has 1 aromatic rings. The van der Waals surface area contributed by atoms with E-state index >= 15 is 0 Å². The van der Waals surface area contributed by atoms with Crippen LogP contribution in [-0.4, -0.2) is 30.5 Å². The summed E-state index contributed by atoms with van der Waals surface area (Å²) in [6.45, 7) is 1.11. The molecule has 1 aliphatic rings. The normalized spacial score (nSPS) is 13.5. The third-order valence-corrected chi connectivity index (χ3v) is 3.41. The monoisotopic (exact) mass is 254 g/mol. The number of rotatable bonds is 4. The maximum Gasteiger partial charge on any atom is 0.303 e. The Morgan fingerprint density at radius 3 is 2.88 bits per heavy atom. The molecule has 0 amide bonds. The summed E-state index contributed by atoms with van der Waals surface area (Å²) in [6, 6.07) is 3.77. The fourth-order valence-corrected chi connectivity index (χ4v) is 2.57. The number of hydrogen-bond donors (Lipinski definition) is 1. The summed E-state index contributed by atoms with van der Waals surface area (Å²) in [4.78, 5) is 11.6. The fraction of sp³-hybridized carbons (Fsp3) is 0.417. The first kappa shape index (κ1) is 12.1. The Bertz CT molecular complexity index is 431. The van der Waals surface area contributed by atoms with Crippen LogP contribution in [-0.2, 0) is 11.2 Å². The average Bonchev–Trinajstić information content (AvgIpc) is 2.35. The van der Waals surface area contributed by atoms with Crippen molar-refractivity contribution in [1.29, 1.82) is 0 Å². The molecule has 2 rings (SSSR count). The van der Waals surface area contributed by atoms with Crippen LogP contribution in [0.4, 0.5) is 0 Å². The second-order valence-electron chi connectivity index (χ2n) is 3.68. The van der Waals surface area contributed by atoms with Gasteiger partial charge < -0.3 is 14.6 Å². The number of benzene rings is 1. The lowest BCUT2D eigenvalue weighted by Crippen LogP contribution is -2.16. The summed E-state index contributed by atoms with van der Waals surface area (Å²) in [5.41, 5.74) is 1.00. The van der Waals surface area contributed by atoms with Crippen LogP contribution in [0.5, 0.6) is 11.5 Å². The highest BCUT2D eigenvalue weighted by atomic mass is 32.2. The molecule has 0 bridgehead atoms. The molecule has 0 fully saturated rings. The highest BCUT2D eigenvalue weighted by Crippen LogP contribution is 2.41. The lowest BCUT2D eigenvalue weighted by atomic mass is 10.1. The Hall–Kier alpha value is -1.36. The van der Waals surface area contributed by atoms with Gasteiger partial charge in [0.15, 0.2) is 11.5 Å². The van der Waals surface area contributed by atoms with Crippen LogP contribution in [0.3, 0.4) is 0 Å². The van der Waals surface area contributed by atoms with Gasteiger partial charge >= 0.3 is 5.97 Å². The summed E-state index contributed by atoms with van der Waals surface area (Å²) in [5.74, 6) is 0.721. The molecule has 1 heterocycles. The van der Waals surface area contributed by atoms with Crippen molar-refractivity contribution in [2.24, 2.45) is 0 Å². The standard InChI is InChI=1S/C12H14O4S/c1-17-12-8(3-5-10(13)14)2-4-9-11(12)16-7-6-15-9/h2,4H,3,5-7H2,1H3,(H,13,14). The number of thioether (sulfide) groups is 1. The van der Waals surface area contributed by atoms with Gasteiger partial charge in [0.05, 0.1) is 4.90 Å². The summed E-state index contributed by atoms with van der Waals surface area (Å²) < 4.78 is 11.1. The summed E-state index contributed by atoms with van der Waals surface area (Å²) in [5, 5.41) is 8.71. The van der Waals surface area contributed by atoms with Crippen LogP contribution in [0.2, 0.25) is 0 Å². The van der Waals surface area contributed by atoms with Gasteiger partial charge in [0.25, 0.3) is 0 Å². The Kier molecular flexibility index (Phi) is 3.78. The second-order valence-corrected chi connectivity index (χ2v) is 4.49. The van der Waals surface area contributed by atoms with Crippen molar-refractivity contribution in [2.75, 3.05) is 19.5 Å². The van der Waals surface area contributed by atoms with Crippen molar-refractivity contribution >= 4 is 17.7 Å². The molecule has 0 radical (unpaired) electrons. The van der Waals surface area contributed by atoms with Gasteiger partial charge in [-0.1, -0.05) is 6.07 Å². The maximum absolute atomic E-state index is 10.6. The minimum atomic E-state index is -0.785. The van der Waals surface area contributed by atoms with E-state index in [0.29, 0.717) is 19.6 Å². The Morgan fingerprint density at radius 1 is 1.41 bits per heavy atom. The predicted molar refractivity (Wildman–Crippen MR) is 65.2 cm³/mol. The zero-order chi connectivity index (χ0) is 12.3. The molecule has 0 saturated carbocycles. The molecule has 0 atom stereocenters. The number of fused-ring (bicyclic) bond motifs is 1. The molecule has 92 valence electrons. The minimum absolute atomic E-state index is 0.132. The van der Waals surface area contributed by atoms with E-state index in [2.05, 4.69) is 0 Å². The molecular formula is C12H14O4S. The molecule has 0 aromatic heterocycles. The smallest absolute Gasteiger partial charge is 0.303 e. The lowest BCUT2D eigenvalue weighted by molar-refractivity contribution is -0.136. The summed E-state index contributed by atoms with van der Waals surface area (Å²) in [7, 11) is 0. The van der Waals surface area contributed by atoms with E-state index in [1.807, 2.05) is 18.4 Å². The van der Waals surface area contributed by atoms with E-state index in [4.69, 9.17) is 14.6 Å². The van der Waals surface area contributed by atoms with Crippen LogP contribution in [0.1, 0.15) is 12.0 Å². The van der Waals surface area contributed by atoms with E-state index in [1.54, 1.807) is 11.8 Å². The van der Waals surface area contributed by atoms with Gasteiger partial charge in [0, 0.05) is 6.42 Å². The first-order chi connectivity index (χ1) is 8.22. The van der Waals surface area contributed by atoms with Crippen molar-refractivity contribution in [3.05, 3.63) is 17.7 Å². The SMILES string of the molecule is CSc1c(CCC(=O)O)ccc2c1OCCO2. The fourth-order valence-electron chi connectivity index (χ4n) is 1.79. The number of carboxylic acids is 1. The highest BCUT2D eigenvalue weighted by Gasteiger charge is 2.18. The van der Waals surface area contributed by atoms with Crippen LogP contribution >= 0.6 is 11.8 Å². The third kappa shape index (κ3) is 2.66. The van der Waals surface area contributed by atoms with Crippen molar-refractivity contribution in [2.45, 2.75) is 17.7 Å². The molecule has 0 aliphatic carbocycles. The van der Waals surface area contributed by atoms with E-state index < -0.39 is 5.97 Å². The number of ether oxygens (including phenoxy) is 2. The molecule has 1 aromatic carbocycles. The van der Waals surface area contributed by atoms with E-state index in [0.717, 1.165) is 22.0 Å². The van der Waals surface area contributed by atoms with Crippen molar-refractivity contribution < 1.29 is 19.4 Å². The molecule has 4 nitrogen and oxygen atoms in total. The molecule has 17 heavy (non-hydrogen) atoms. The number of hydrogen-bond acceptors (Lipinski definition) is 4. The Morgan fingerprint density at radius 2 is 2.18 bits per heavy atom. The van der Waals surface area contributed by atoms with Gasteiger partial charge in [-0.2, -0.15) is 0 Å². The lowest BCUT2D eigenvalue weighted by Gasteiger charge is -2.22.